The van der Waals surface area contributed by atoms with Crippen molar-refractivity contribution in [3.63, 3.8) is 0 Å². The lowest BCUT2D eigenvalue weighted by Gasteiger charge is -2.10. The molecule has 0 saturated carbocycles. The van der Waals surface area contributed by atoms with Crippen molar-refractivity contribution in [1.82, 2.24) is 10.2 Å². The average molecular weight is 223 g/mol. The number of rotatable bonds is 4. The first-order valence-corrected chi connectivity index (χ1v) is 5.18. The maximum atomic E-state index is 10.5. The van der Waals surface area contributed by atoms with Gasteiger partial charge in [0.05, 0.1) is 6.10 Å². The van der Waals surface area contributed by atoms with Crippen molar-refractivity contribution in [3.8, 4) is 0 Å². The van der Waals surface area contributed by atoms with Crippen molar-refractivity contribution in [3.05, 3.63) is 17.8 Å². The Morgan fingerprint density at radius 2 is 2.44 bits per heavy atom. The van der Waals surface area contributed by atoms with E-state index in [1.165, 1.54) is 6.07 Å². The van der Waals surface area contributed by atoms with Gasteiger partial charge in [0.2, 0.25) is 0 Å². The van der Waals surface area contributed by atoms with Crippen molar-refractivity contribution < 1.29 is 14.6 Å². The van der Waals surface area contributed by atoms with Crippen LogP contribution in [0.2, 0.25) is 0 Å². The van der Waals surface area contributed by atoms with E-state index < -0.39 is 5.97 Å². The number of ether oxygens (including phenoxy) is 1. The molecule has 1 aromatic heterocycles. The van der Waals surface area contributed by atoms with Crippen LogP contribution in [0.25, 0.3) is 0 Å². The van der Waals surface area contributed by atoms with Gasteiger partial charge in [-0.05, 0) is 25.0 Å². The summed E-state index contributed by atoms with van der Waals surface area (Å²) in [7, 11) is 0. The van der Waals surface area contributed by atoms with Crippen LogP contribution in [-0.4, -0.2) is 40.5 Å². The zero-order valence-electron chi connectivity index (χ0n) is 8.72. The predicted octanol–water partition coefficient (Wildman–Crippen LogP) is 0.766. The molecule has 1 saturated heterocycles. The van der Waals surface area contributed by atoms with Crippen LogP contribution in [0, 0.1) is 0 Å². The number of anilines is 1. The van der Waals surface area contributed by atoms with Gasteiger partial charge in [-0.3, -0.25) is 0 Å². The Labute approximate surface area is 92.6 Å². The van der Waals surface area contributed by atoms with E-state index >= 15 is 0 Å². The van der Waals surface area contributed by atoms with Crippen LogP contribution in [0.1, 0.15) is 23.3 Å². The van der Waals surface area contributed by atoms with E-state index in [9.17, 15) is 4.79 Å². The standard InChI is InChI=1S/C10H13N3O3/c14-10(15)8-3-4-9(13-12-8)11-6-7-2-1-5-16-7/h3-4,7H,1-2,5-6H2,(H,11,13)(H,14,15). The Balaban J connectivity index is 1.87. The first-order valence-electron chi connectivity index (χ1n) is 5.18. The summed E-state index contributed by atoms with van der Waals surface area (Å²) in [6.07, 6.45) is 2.37. The van der Waals surface area contributed by atoms with E-state index in [-0.39, 0.29) is 11.8 Å². The highest BCUT2D eigenvalue weighted by Crippen LogP contribution is 2.12. The normalized spacial score (nSPS) is 19.6. The third-order valence-corrected chi connectivity index (χ3v) is 2.42. The van der Waals surface area contributed by atoms with E-state index in [2.05, 4.69) is 15.5 Å². The van der Waals surface area contributed by atoms with Crippen molar-refractivity contribution in [2.24, 2.45) is 0 Å². The second-order valence-electron chi connectivity index (χ2n) is 3.62. The van der Waals surface area contributed by atoms with Gasteiger partial charge in [-0.15, -0.1) is 10.2 Å². The molecule has 0 aromatic carbocycles. The molecule has 2 N–H and O–H groups in total. The summed E-state index contributed by atoms with van der Waals surface area (Å²) in [5.41, 5.74) is -0.0531. The molecule has 6 heteroatoms. The fourth-order valence-corrected chi connectivity index (χ4v) is 1.56. The molecule has 6 nitrogen and oxygen atoms in total. The van der Waals surface area contributed by atoms with E-state index in [1.807, 2.05) is 0 Å². The number of nitrogens with zero attached hydrogens (tertiary/aromatic N) is 2. The van der Waals surface area contributed by atoms with E-state index in [0.29, 0.717) is 12.4 Å². The van der Waals surface area contributed by atoms with Gasteiger partial charge in [-0.1, -0.05) is 0 Å². The van der Waals surface area contributed by atoms with Gasteiger partial charge in [-0.25, -0.2) is 4.79 Å². The zero-order valence-corrected chi connectivity index (χ0v) is 8.72. The van der Waals surface area contributed by atoms with Gasteiger partial charge in [0.25, 0.3) is 0 Å². The molecule has 16 heavy (non-hydrogen) atoms. The van der Waals surface area contributed by atoms with Gasteiger partial charge in [0.1, 0.15) is 5.82 Å². The van der Waals surface area contributed by atoms with Crippen LogP contribution < -0.4 is 5.32 Å². The van der Waals surface area contributed by atoms with Crippen molar-refractivity contribution in [2.45, 2.75) is 18.9 Å². The molecule has 86 valence electrons. The lowest BCUT2D eigenvalue weighted by Crippen LogP contribution is -2.19. The monoisotopic (exact) mass is 223 g/mol. The number of hydrogen-bond donors (Lipinski definition) is 2. The first kappa shape index (κ1) is 10.8. The molecule has 1 aliphatic rings. The lowest BCUT2D eigenvalue weighted by molar-refractivity contribution is 0.0689. The Morgan fingerprint density at radius 3 is 3.00 bits per heavy atom. The van der Waals surface area contributed by atoms with Crippen LogP contribution in [0.4, 0.5) is 5.82 Å². The number of carboxylic acid groups (broad SMARTS) is 1. The minimum Gasteiger partial charge on any atom is -0.476 e. The minimum absolute atomic E-state index is 0.0531. The Hall–Kier alpha value is -1.69. The van der Waals surface area contributed by atoms with Gasteiger partial charge in [0.15, 0.2) is 5.69 Å². The highest BCUT2D eigenvalue weighted by molar-refractivity contribution is 5.85. The number of aromatic nitrogens is 2. The number of hydrogen-bond acceptors (Lipinski definition) is 5. The molecule has 2 heterocycles. The number of nitrogens with one attached hydrogen (secondary N) is 1. The van der Waals surface area contributed by atoms with Crippen molar-refractivity contribution in [1.29, 1.82) is 0 Å². The molecule has 0 aliphatic carbocycles. The largest absolute Gasteiger partial charge is 0.476 e. The van der Waals surface area contributed by atoms with Gasteiger partial charge in [0, 0.05) is 13.2 Å². The van der Waals surface area contributed by atoms with E-state index in [4.69, 9.17) is 9.84 Å². The van der Waals surface area contributed by atoms with E-state index in [0.717, 1.165) is 19.4 Å². The average Bonchev–Trinajstić information content (AvgIpc) is 2.80. The molecular weight excluding hydrogens is 210 g/mol. The molecule has 1 fully saturated rings. The summed E-state index contributed by atoms with van der Waals surface area (Å²) >= 11 is 0. The number of aromatic carboxylic acids is 1. The summed E-state index contributed by atoms with van der Waals surface area (Å²) < 4.78 is 5.43. The van der Waals surface area contributed by atoms with Crippen molar-refractivity contribution >= 4 is 11.8 Å². The number of carboxylic acids is 1. The van der Waals surface area contributed by atoms with Gasteiger partial charge >= 0.3 is 5.97 Å². The third kappa shape index (κ3) is 2.66. The van der Waals surface area contributed by atoms with Crippen LogP contribution >= 0.6 is 0 Å². The summed E-state index contributed by atoms with van der Waals surface area (Å²) in [4.78, 5) is 10.5. The second kappa shape index (κ2) is 4.89. The summed E-state index contributed by atoms with van der Waals surface area (Å²) in [5.74, 6) is -0.501. The maximum absolute atomic E-state index is 10.5. The molecule has 2 rings (SSSR count). The number of carbonyl (C=O) groups is 1. The molecule has 1 unspecified atom stereocenters. The van der Waals surface area contributed by atoms with Crippen LogP contribution in [0.3, 0.4) is 0 Å². The smallest absolute Gasteiger partial charge is 0.356 e. The molecular formula is C10H13N3O3. The molecule has 1 aromatic rings. The van der Waals surface area contributed by atoms with Crippen LogP contribution in [-0.2, 0) is 4.74 Å². The third-order valence-electron chi connectivity index (χ3n) is 2.42. The minimum atomic E-state index is -1.07. The molecule has 1 atom stereocenters. The molecule has 0 amide bonds. The Morgan fingerprint density at radius 1 is 1.56 bits per heavy atom. The predicted molar refractivity (Wildman–Crippen MR) is 56.5 cm³/mol. The molecule has 0 bridgehead atoms. The summed E-state index contributed by atoms with van der Waals surface area (Å²) in [5, 5.41) is 19.0. The quantitative estimate of drug-likeness (QED) is 0.784. The molecule has 0 spiro atoms. The van der Waals surface area contributed by atoms with Gasteiger partial charge < -0.3 is 15.2 Å². The summed E-state index contributed by atoms with van der Waals surface area (Å²) in [6, 6.07) is 3.03. The Bertz CT molecular complexity index is 360. The second-order valence-corrected chi connectivity index (χ2v) is 3.62. The summed E-state index contributed by atoms with van der Waals surface area (Å²) in [6.45, 7) is 1.50. The highest BCUT2D eigenvalue weighted by Gasteiger charge is 2.15. The SMILES string of the molecule is O=C(O)c1ccc(NCC2CCCO2)nn1. The lowest BCUT2D eigenvalue weighted by atomic mass is 10.2. The van der Waals surface area contributed by atoms with Crippen molar-refractivity contribution in [2.75, 3.05) is 18.5 Å². The maximum Gasteiger partial charge on any atom is 0.356 e. The topological polar surface area (TPSA) is 84.3 Å². The zero-order chi connectivity index (χ0) is 11.4. The fourth-order valence-electron chi connectivity index (χ4n) is 1.56. The molecule has 0 radical (unpaired) electrons. The highest BCUT2D eigenvalue weighted by atomic mass is 16.5. The van der Waals surface area contributed by atoms with E-state index in [1.54, 1.807) is 6.07 Å². The van der Waals surface area contributed by atoms with Crippen LogP contribution in [0.15, 0.2) is 12.1 Å². The van der Waals surface area contributed by atoms with Crippen LogP contribution in [0.5, 0.6) is 0 Å². The van der Waals surface area contributed by atoms with Gasteiger partial charge in [-0.2, -0.15) is 0 Å². The molecule has 1 aliphatic heterocycles. The first-order chi connectivity index (χ1) is 7.75. The Kier molecular flexibility index (Phi) is 3.31. The fraction of sp³-hybridized carbons (Fsp3) is 0.500.